The highest BCUT2D eigenvalue weighted by molar-refractivity contribution is 6.42. The average Bonchev–Trinajstić information content (AvgIpc) is 3.01. The molecule has 0 bridgehead atoms. The lowest BCUT2D eigenvalue weighted by atomic mass is 9.87. The molecule has 1 aromatic carbocycles. The van der Waals surface area contributed by atoms with Gasteiger partial charge in [-0.3, -0.25) is 9.59 Å². The fourth-order valence-electron chi connectivity index (χ4n) is 2.56. The zero-order chi connectivity index (χ0) is 17.7. The molecule has 1 aromatic heterocycles. The molecule has 6 nitrogen and oxygen atoms in total. The number of carbonyl (C=O) groups excluding carboxylic acids is 2. The Morgan fingerprint density at radius 2 is 1.96 bits per heavy atom. The highest BCUT2D eigenvalue weighted by Crippen LogP contribution is 2.21. The molecule has 0 aliphatic heterocycles. The van der Waals surface area contributed by atoms with Crippen LogP contribution in [-0.4, -0.2) is 39.2 Å². The summed E-state index contributed by atoms with van der Waals surface area (Å²) in [5.41, 5.74) is 0.762. The number of aliphatic hydroxyl groups excluding tert-OH is 1. The molecule has 1 heterocycles. The summed E-state index contributed by atoms with van der Waals surface area (Å²) in [5, 5.41) is 16.2. The number of benzene rings is 1. The third-order valence-corrected chi connectivity index (χ3v) is 3.65. The van der Waals surface area contributed by atoms with Gasteiger partial charge in [-0.25, -0.2) is 4.68 Å². The van der Waals surface area contributed by atoms with Crippen molar-refractivity contribution in [1.82, 2.24) is 15.1 Å². The van der Waals surface area contributed by atoms with Gasteiger partial charge in [0, 0.05) is 12.7 Å². The molecule has 0 aliphatic rings. The molecule has 24 heavy (non-hydrogen) atoms. The predicted octanol–water partition coefficient (Wildman–Crippen LogP) is 1.97. The van der Waals surface area contributed by atoms with E-state index in [2.05, 4.69) is 10.4 Å². The first-order valence-electron chi connectivity index (χ1n) is 7.89. The van der Waals surface area contributed by atoms with E-state index in [0.29, 0.717) is 13.0 Å². The Morgan fingerprint density at radius 1 is 1.29 bits per heavy atom. The van der Waals surface area contributed by atoms with Crippen molar-refractivity contribution in [2.75, 3.05) is 6.54 Å². The summed E-state index contributed by atoms with van der Waals surface area (Å²) in [6, 6.07) is 9.35. The minimum atomic E-state index is -0.665. The molecule has 0 saturated carbocycles. The first kappa shape index (κ1) is 17.9. The SMILES string of the molecule is CC(O)CC(C)(C)CNC(=O)C(=O)c1cnn(-c2ccccc2)c1. The largest absolute Gasteiger partial charge is 0.393 e. The number of ketones is 1. The molecular formula is C18H23N3O3. The van der Waals surface area contributed by atoms with E-state index >= 15 is 0 Å². The van der Waals surface area contributed by atoms with E-state index in [1.165, 1.54) is 12.4 Å². The molecule has 2 rings (SSSR count). The lowest BCUT2D eigenvalue weighted by Crippen LogP contribution is -2.39. The van der Waals surface area contributed by atoms with Crippen LogP contribution >= 0.6 is 0 Å². The topological polar surface area (TPSA) is 84.2 Å². The van der Waals surface area contributed by atoms with Gasteiger partial charge in [0.2, 0.25) is 0 Å². The maximum absolute atomic E-state index is 12.2. The Labute approximate surface area is 141 Å². The molecule has 0 aliphatic carbocycles. The fraction of sp³-hybridized carbons (Fsp3) is 0.389. The zero-order valence-corrected chi connectivity index (χ0v) is 14.2. The second kappa shape index (κ2) is 7.40. The van der Waals surface area contributed by atoms with Gasteiger partial charge in [-0.1, -0.05) is 32.0 Å². The van der Waals surface area contributed by atoms with Crippen LogP contribution in [0.1, 0.15) is 37.6 Å². The Kier molecular flexibility index (Phi) is 5.51. The number of hydrogen-bond donors (Lipinski definition) is 2. The maximum atomic E-state index is 12.2. The van der Waals surface area contributed by atoms with Gasteiger partial charge in [0.25, 0.3) is 11.7 Å². The summed E-state index contributed by atoms with van der Waals surface area (Å²) in [7, 11) is 0. The number of aliphatic hydroxyl groups is 1. The van der Waals surface area contributed by atoms with Crippen LogP contribution in [0.2, 0.25) is 0 Å². The van der Waals surface area contributed by atoms with Gasteiger partial charge in [0.1, 0.15) is 0 Å². The molecule has 6 heteroatoms. The second-order valence-corrected chi connectivity index (χ2v) is 6.74. The lowest BCUT2D eigenvalue weighted by Gasteiger charge is -2.26. The summed E-state index contributed by atoms with van der Waals surface area (Å²) in [4.78, 5) is 24.3. The minimum Gasteiger partial charge on any atom is -0.393 e. The molecule has 0 radical (unpaired) electrons. The van der Waals surface area contributed by atoms with Crippen molar-refractivity contribution >= 4 is 11.7 Å². The molecule has 0 spiro atoms. The van der Waals surface area contributed by atoms with E-state index < -0.39 is 17.8 Å². The Morgan fingerprint density at radius 3 is 2.58 bits per heavy atom. The van der Waals surface area contributed by atoms with Crippen LogP contribution < -0.4 is 5.32 Å². The standard InChI is InChI=1S/C18H23N3O3/c1-13(22)9-18(2,3)12-19-17(24)16(23)14-10-20-21(11-14)15-7-5-4-6-8-15/h4-8,10-11,13,22H,9,12H2,1-3H3,(H,19,24). The number of para-hydroxylation sites is 1. The van der Waals surface area contributed by atoms with Crippen LogP contribution in [0.15, 0.2) is 42.7 Å². The number of hydrogen-bond acceptors (Lipinski definition) is 4. The van der Waals surface area contributed by atoms with Crippen LogP contribution in [0.5, 0.6) is 0 Å². The fourth-order valence-corrected chi connectivity index (χ4v) is 2.56. The number of nitrogens with one attached hydrogen (secondary N) is 1. The number of carbonyl (C=O) groups is 2. The van der Waals surface area contributed by atoms with E-state index in [0.717, 1.165) is 5.69 Å². The van der Waals surface area contributed by atoms with Gasteiger partial charge < -0.3 is 10.4 Å². The third kappa shape index (κ3) is 4.76. The Hall–Kier alpha value is -2.47. The summed E-state index contributed by atoms with van der Waals surface area (Å²) in [6.45, 7) is 5.87. The normalized spacial score (nSPS) is 12.7. The van der Waals surface area contributed by atoms with Crippen molar-refractivity contribution < 1.29 is 14.7 Å². The minimum absolute atomic E-state index is 0.240. The smallest absolute Gasteiger partial charge is 0.292 e. The van der Waals surface area contributed by atoms with E-state index in [1.54, 1.807) is 11.6 Å². The molecule has 1 amide bonds. The number of aromatic nitrogens is 2. The van der Waals surface area contributed by atoms with E-state index in [9.17, 15) is 14.7 Å². The predicted molar refractivity (Wildman–Crippen MR) is 91.0 cm³/mol. The van der Waals surface area contributed by atoms with Gasteiger partial charge in [0.15, 0.2) is 0 Å². The van der Waals surface area contributed by atoms with Crippen molar-refractivity contribution in [3.63, 3.8) is 0 Å². The molecule has 0 fully saturated rings. The van der Waals surface area contributed by atoms with Gasteiger partial charge in [0.05, 0.1) is 23.6 Å². The van der Waals surface area contributed by atoms with E-state index in [1.807, 2.05) is 44.2 Å². The summed E-state index contributed by atoms with van der Waals surface area (Å²) in [6.07, 6.45) is 3.00. The van der Waals surface area contributed by atoms with Crippen LogP contribution in [-0.2, 0) is 4.79 Å². The number of amides is 1. The van der Waals surface area contributed by atoms with E-state index in [4.69, 9.17) is 0 Å². The number of Topliss-reactive ketones (excluding diaryl/α,β-unsaturated/α-hetero) is 1. The maximum Gasteiger partial charge on any atom is 0.292 e. The van der Waals surface area contributed by atoms with Gasteiger partial charge in [-0.15, -0.1) is 0 Å². The highest BCUT2D eigenvalue weighted by Gasteiger charge is 2.24. The van der Waals surface area contributed by atoms with Crippen molar-refractivity contribution in [2.45, 2.75) is 33.3 Å². The number of nitrogens with zero attached hydrogens (tertiary/aromatic N) is 2. The quantitative estimate of drug-likeness (QED) is 0.601. The first-order valence-corrected chi connectivity index (χ1v) is 7.89. The molecule has 0 saturated heterocycles. The molecule has 2 aromatic rings. The van der Waals surface area contributed by atoms with Crippen LogP contribution in [0.4, 0.5) is 0 Å². The van der Waals surface area contributed by atoms with Gasteiger partial charge in [-0.05, 0) is 30.9 Å². The van der Waals surface area contributed by atoms with Crippen LogP contribution in [0.3, 0.4) is 0 Å². The van der Waals surface area contributed by atoms with Gasteiger partial charge in [-0.2, -0.15) is 5.10 Å². The summed E-state index contributed by atoms with van der Waals surface area (Å²) < 4.78 is 1.55. The molecule has 1 atom stereocenters. The van der Waals surface area contributed by atoms with Crippen molar-refractivity contribution in [1.29, 1.82) is 0 Å². The Balaban J connectivity index is 1.99. The van der Waals surface area contributed by atoms with Crippen molar-refractivity contribution in [3.05, 3.63) is 48.3 Å². The first-order chi connectivity index (χ1) is 11.3. The molecule has 2 N–H and O–H groups in total. The van der Waals surface area contributed by atoms with Crippen molar-refractivity contribution in [2.24, 2.45) is 5.41 Å². The third-order valence-electron chi connectivity index (χ3n) is 3.65. The van der Waals surface area contributed by atoms with Crippen LogP contribution in [0.25, 0.3) is 5.69 Å². The van der Waals surface area contributed by atoms with Crippen LogP contribution in [0, 0.1) is 5.41 Å². The zero-order valence-electron chi connectivity index (χ0n) is 14.2. The highest BCUT2D eigenvalue weighted by atomic mass is 16.3. The van der Waals surface area contributed by atoms with Gasteiger partial charge >= 0.3 is 0 Å². The molecule has 1 unspecified atom stereocenters. The van der Waals surface area contributed by atoms with Crippen molar-refractivity contribution in [3.8, 4) is 5.69 Å². The Bertz CT molecular complexity index is 705. The summed E-state index contributed by atoms with van der Waals surface area (Å²) in [5.74, 6) is -1.29. The monoisotopic (exact) mass is 329 g/mol. The number of rotatable bonds is 7. The average molecular weight is 329 g/mol. The second-order valence-electron chi connectivity index (χ2n) is 6.74. The lowest BCUT2D eigenvalue weighted by molar-refractivity contribution is -0.117. The summed E-state index contributed by atoms with van der Waals surface area (Å²) >= 11 is 0. The molecule has 128 valence electrons. The van der Waals surface area contributed by atoms with E-state index in [-0.39, 0.29) is 11.0 Å². The molecular weight excluding hydrogens is 306 g/mol.